The second-order valence-electron chi connectivity index (χ2n) is 7.54. The SMILES string of the molecule is Cc1noc(C)c1S(=O)(=O)N1[C@H]2CC[C@@H]1c1cnc(-c3ccc(F)cc3)nc1C2. The maximum absolute atomic E-state index is 13.4. The highest BCUT2D eigenvalue weighted by atomic mass is 32.2. The fourth-order valence-electron chi connectivity index (χ4n) is 4.49. The lowest BCUT2D eigenvalue weighted by atomic mass is 10.0. The monoisotopic (exact) mass is 414 g/mol. The van der Waals surface area contributed by atoms with Crippen molar-refractivity contribution < 1.29 is 17.3 Å². The van der Waals surface area contributed by atoms with Crippen molar-refractivity contribution in [3.63, 3.8) is 0 Å². The smallest absolute Gasteiger partial charge is 0.249 e. The van der Waals surface area contributed by atoms with Crippen LogP contribution >= 0.6 is 0 Å². The molecule has 4 heterocycles. The maximum atomic E-state index is 13.4. The Hall–Kier alpha value is -2.65. The van der Waals surface area contributed by atoms with E-state index < -0.39 is 10.0 Å². The molecule has 7 nitrogen and oxygen atoms in total. The van der Waals surface area contributed by atoms with Crippen LogP contribution in [0.1, 0.15) is 41.6 Å². The molecule has 9 heteroatoms. The molecule has 2 aliphatic heterocycles. The summed E-state index contributed by atoms with van der Waals surface area (Å²) in [5, 5.41) is 3.81. The number of aryl methyl sites for hydroxylation is 2. The average Bonchev–Trinajstić information content (AvgIpc) is 3.21. The van der Waals surface area contributed by atoms with Gasteiger partial charge in [0.2, 0.25) is 10.0 Å². The molecule has 0 amide bonds. The topological polar surface area (TPSA) is 89.2 Å². The molecule has 0 aliphatic carbocycles. The van der Waals surface area contributed by atoms with Crippen molar-refractivity contribution in [2.45, 2.75) is 50.1 Å². The van der Waals surface area contributed by atoms with Gasteiger partial charge < -0.3 is 4.52 Å². The van der Waals surface area contributed by atoms with Gasteiger partial charge in [-0.15, -0.1) is 0 Å². The lowest BCUT2D eigenvalue weighted by Crippen LogP contribution is -2.42. The van der Waals surface area contributed by atoms with Gasteiger partial charge in [-0.05, 0) is 51.0 Å². The molecule has 1 saturated heterocycles. The van der Waals surface area contributed by atoms with Gasteiger partial charge >= 0.3 is 0 Å². The van der Waals surface area contributed by atoms with Gasteiger partial charge in [0.05, 0.1) is 11.7 Å². The Morgan fingerprint density at radius 2 is 1.93 bits per heavy atom. The van der Waals surface area contributed by atoms with Crippen LogP contribution < -0.4 is 0 Å². The van der Waals surface area contributed by atoms with Gasteiger partial charge in [0.25, 0.3) is 0 Å². The molecule has 0 saturated carbocycles. The summed E-state index contributed by atoms with van der Waals surface area (Å²) in [7, 11) is -3.75. The summed E-state index contributed by atoms with van der Waals surface area (Å²) in [5.41, 5.74) is 2.79. The predicted molar refractivity (Wildman–Crippen MR) is 102 cm³/mol. The molecule has 5 rings (SSSR count). The van der Waals surface area contributed by atoms with E-state index >= 15 is 0 Å². The molecule has 150 valence electrons. The van der Waals surface area contributed by atoms with E-state index in [-0.39, 0.29) is 22.8 Å². The molecule has 2 aliphatic rings. The van der Waals surface area contributed by atoms with Crippen molar-refractivity contribution in [3.05, 3.63) is 59.0 Å². The van der Waals surface area contributed by atoms with Crippen molar-refractivity contribution in [1.82, 2.24) is 19.4 Å². The first kappa shape index (κ1) is 18.4. The number of rotatable bonds is 3. The normalized spacial score (nSPS) is 21.3. The van der Waals surface area contributed by atoms with Crippen molar-refractivity contribution in [2.75, 3.05) is 0 Å². The van der Waals surface area contributed by atoms with Crippen LogP contribution in [0.2, 0.25) is 0 Å². The first-order valence-electron chi connectivity index (χ1n) is 9.44. The minimum Gasteiger partial charge on any atom is -0.360 e. The highest BCUT2D eigenvalue weighted by Gasteiger charge is 2.49. The van der Waals surface area contributed by atoms with Crippen LogP contribution in [-0.2, 0) is 16.4 Å². The summed E-state index contributed by atoms with van der Waals surface area (Å²) in [6, 6.07) is 5.57. The highest BCUT2D eigenvalue weighted by Crippen LogP contribution is 2.46. The standard InChI is InChI=1S/C20H19FN4O3S/c1-11-19(12(2)28-24-11)29(26,27)25-15-7-8-18(25)16-10-22-20(23-17(16)9-15)13-3-5-14(21)6-4-13/h3-6,10,15,18H,7-9H2,1-2H3/t15-,18+/m0/s1. The minimum atomic E-state index is -3.75. The van der Waals surface area contributed by atoms with Crippen molar-refractivity contribution in [3.8, 4) is 11.4 Å². The molecular weight excluding hydrogens is 395 g/mol. The van der Waals surface area contributed by atoms with Crippen LogP contribution in [0.4, 0.5) is 4.39 Å². The lowest BCUT2D eigenvalue weighted by molar-refractivity contribution is 0.299. The number of nitrogens with zero attached hydrogens (tertiary/aromatic N) is 4. The predicted octanol–water partition coefficient (Wildman–Crippen LogP) is 3.34. The molecule has 2 bridgehead atoms. The first-order chi connectivity index (χ1) is 13.9. The third-order valence-electron chi connectivity index (χ3n) is 5.73. The highest BCUT2D eigenvalue weighted by molar-refractivity contribution is 7.89. The zero-order valence-electron chi connectivity index (χ0n) is 16.0. The van der Waals surface area contributed by atoms with Crippen LogP contribution in [-0.4, -0.2) is 33.9 Å². The number of hydrogen-bond acceptors (Lipinski definition) is 6. The number of sulfonamides is 1. The summed E-state index contributed by atoms with van der Waals surface area (Å²) in [5.74, 6) is 0.505. The van der Waals surface area contributed by atoms with Crippen LogP contribution in [0.15, 0.2) is 39.9 Å². The van der Waals surface area contributed by atoms with E-state index in [1.54, 1.807) is 36.5 Å². The van der Waals surface area contributed by atoms with Crippen molar-refractivity contribution in [2.24, 2.45) is 0 Å². The Kier molecular flexibility index (Phi) is 4.08. The summed E-state index contributed by atoms with van der Waals surface area (Å²) in [4.78, 5) is 9.27. The second kappa shape index (κ2) is 6.43. The molecule has 0 radical (unpaired) electrons. The van der Waals surface area contributed by atoms with E-state index in [0.717, 1.165) is 29.7 Å². The van der Waals surface area contributed by atoms with Gasteiger partial charge in [-0.3, -0.25) is 0 Å². The van der Waals surface area contributed by atoms with Crippen molar-refractivity contribution in [1.29, 1.82) is 0 Å². The Bertz CT molecular complexity index is 1190. The lowest BCUT2D eigenvalue weighted by Gasteiger charge is -2.34. The molecule has 0 N–H and O–H groups in total. The molecular formula is C20H19FN4O3S. The Balaban J connectivity index is 1.55. The molecule has 29 heavy (non-hydrogen) atoms. The maximum Gasteiger partial charge on any atom is 0.249 e. The van der Waals surface area contributed by atoms with E-state index in [2.05, 4.69) is 15.1 Å². The van der Waals surface area contributed by atoms with E-state index in [1.807, 2.05) is 0 Å². The Morgan fingerprint density at radius 3 is 2.62 bits per heavy atom. The van der Waals surface area contributed by atoms with Gasteiger partial charge in [0.15, 0.2) is 11.6 Å². The molecule has 2 aromatic heterocycles. The van der Waals surface area contributed by atoms with E-state index in [4.69, 9.17) is 4.52 Å². The number of benzene rings is 1. The van der Waals surface area contributed by atoms with Crippen LogP contribution in [0.25, 0.3) is 11.4 Å². The van der Waals surface area contributed by atoms with E-state index in [1.165, 1.54) is 12.1 Å². The summed E-state index contributed by atoms with van der Waals surface area (Å²) < 4.78 is 46.7. The molecule has 0 spiro atoms. The summed E-state index contributed by atoms with van der Waals surface area (Å²) in [6.45, 7) is 3.26. The largest absolute Gasteiger partial charge is 0.360 e. The quantitative estimate of drug-likeness (QED) is 0.653. The third kappa shape index (κ3) is 2.79. The zero-order chi connectivity index (χ0) is 20.3. The summed E-state index contributed by atoms with van der Waals surface area (Å²) in [6.07, 6.45) is 3.71. The van der Waals surface area contributed by atoms with Gasteiger partial charge in [0.1, 0.15) is 16.4 Å². The second-order valence-corrected chi connectivity index (χ2v) is 9.32. The molecule has 3 aromatic rings. The number of aromatic nitrogens is 3. The van der Waals surface area contributed by atoms with Crippen LogP contribution in [0.5, 0.6) is 0 Å². The molecule has 0 unspecified atom stereocenters. The molecule has 2 atom stereocenters. The van der Waals surface area contributed by atoms with Gasteiger partial charge in [-0.1, -0.05) is 5.16 Å². The minimum absolute atomic E-state index is 0.154. The van der Waals surface area contributed by atoms with Crippen LogP contribution in [0, 0.1) is 19.7 Å². The van der Waals surface area contributed by atoms with E-state index in [0.29, 0.717) is 23.7 Å². The summed E-state index contributed by atoms with van der Waals surface area (Å²) >= 11 is 0. The van der Waals surface area contributed by atoms with Crippen LogP contribution in [0.3, 0.4) is 0 Å². The number of hydrogen-bond donors (Lipinski definition) is 0. The van der Waals surface area contributed by atoms with Gasteiger partial charge in [-0.25, -0.2) is 22.8 Å². The fourth-order valence-corrected chi connectivity index (χ4v) is 6.63. The zero-order valence-corrected chi connectivity index (χ0v) is 16.8. The Morgan fingerprint density at radius 1 is 1.17 bits per heavy atom. The number of fused-ring (bicyclic) bond motifs is 4. The van der Waals surface area contributed by atoms with Gasteiger partial charge in [0, 0.05) is 29.8 Å². The Labute approximate surface area is 167 Å². The fraction of sp³-hybridized carbons (Fsp3) is 0.350. The third-order valence-corrected chi connectivity index (χ3v) is 7.94. The first-order valence-corrected chi connectivity index (χ1v) is 10.9. The number of halogens is 1. The molecule has 1 fully saturated rings. The average molecular weight is 414 g/mol. The van der Waals surface area contributed by atoms with Gasteiger partial charge in [-0.2, -0.15) is 4.31 Å². The van der Waals surface area contributed by atoms with E-state index in [9.17, 15) is 12.8 Å². The molecule has 1 aromatic carbocycles. The van der Waals surface area contributed by atoms with Crippen molar-refractivity contribution >= 4 is 10.0 Å².